The monoisotopic (exact) mass is 349 g/mol. The van der Waals surface area contributed by atoms with Crippen LogP contribution in [0.4, 0.5) is 5.69 Å². The fourth-order valence-corrected chi connectivity index (χ4v) is 1.98. The number of hydrogen-bond donors (Lipinski definition) is 2. The number of nitrogens with zero attached hydrogens (tertiary/aromatic N) is 1. The molecule has 0 aliphatic carbocycles. The lowest BCUT2D eigenvalue weighted by Gasteiger charge is -2.11. The summed E-state index contributed by atoms with van der Waals surface area (Å²) < 4.78 is 5.62. The summed E-state index contributed by atoms with van der Waals surface area (Å²) in [6.45, 7) is 1.96. The van der Waals surface area contributed by atoms with Crippen molar-refractivity contribution in [1.29, 1.82) is 0 Å². The van der Waals surface area contributed by atoms with Crippen LogP contribution >= 0.6 is 12.4 Å². The maximum Gasteiger partial charge on any atom is 0.255 e. The first-order valence-corrected chi connectivity index (χ1v) is 7.56. The van der Waals surface area contributed by atoms with Crippen molar-refractivity contribution in [3.63, 3.8) is 0 Å². The van der Waals surface area contributed by atoms with Gasteiger partial charge in [0.15, 0.2) is 0 Å². The molecule has 0 spiro atoms. The predicted molar refractivity (Wildman–Crippen MR) is 100 cm³/mol. The number of hydrogen-bond acceptors (Lipinski definition) is 4. The Morgan fingerprint density at radius 1 is 1.08 bits per heavy atom. The number of likely N-dealkylation sites (N-methyl/N-ethyl adjacent to an activating group) is 1. The summed E-state index contributed by atoms with van der Waals surface area (Å²) >= 11 is 0. The summed E-state index contributed by atoms with van der Waals surface area (Å²) in [5.74, 6) is 0.645. The molecule has 3 N–H and O–H groups in total. The third-order valence-electron chi connectivity index (χ3n) is 3.37. The van der Waals surface area contributed by atoms with Crippen LogP contribution in [-0.2, 0) is 6.54 Å². The highest BCUT2D eigenvalue weighted by molar-refractivity contribution is 6.04. The molecule has 0 fully saturated rings. The zero-order valence-electron chi connectivity index (χ0n) is 14.0. The number of benzene rings is 2. The van der Waals surface area contributed by atoms with Gasteiger partial charge in [-0.15, -0.1) is 12.4 Å². The topological polar surface area (TPSA) is 67.6 Å². The van der Waals surface area contributed by atoms with Gasteiger partial charge in [-0.05, 0) is 56.1 Å². The largest absolute Gasteiger partial charge is 0.492 e. The quantitative estimate of drug-likeness (QED) is 0.806. The minimum atomic E-state index is -0.144. The Labute approximate surface area is 149 Å². The molecular formula is C18H24ClN3O2. The van der Waals surface area contributed by atoms with Gasteiger partial charge >= 0.3 is 0 Å². The molecule has 5 nitrogen and oxygen atoms in total. The zero-order valence-corrected chi connectivity index (χ0v) is 14.8. The van der Waals surface area contributed by atoms with Crippen LogP contribution in [0.25, 0.3) is 0 Å². The minimum Gasteiger partial charge on any atom is -0.492 e. The van der Waals surface area contributed by atoms with Gasteiger partial charge in [0, 0.05) is 24.3 Å². The van der Waals surface area contributed by atoms with Crippen LogP contribution in [0.5, 0.6) is 5.75 Å². The van der Waals surface area contributed by atoms with Gasteiger partial charge < -0.3 is 20.7 Å². The zero-order chi connectivity index (χ0) is 16.7. The molecule has 0 saturated carbocycles. The van der Waals surface area contributed by atoms with E-state index in [4.69, 9.17) is 10.5 Å². The van der Waals surface area contributed by atoms with E-state index in [0.29, 0.717) is 18.7 Å². The minimum absolute atomic E-state index is 0. The van der Waals surface area contributed by atoms with Crippen LogP contribution in [0.3, 0.4) is 0 Å². The third-order valence-corrected chi connectivity index (χ3v) is 3.37. The van der Waals surface area contributed by atoms with Crippen LogP contribution < -0.4 is 15.8 Å². The fraction of sp³-hybridized carbons (Fsp3) is 0.278. The second kappa shape index (κ2) is 9.93. The highest BCUT2D eigenvalue weighted by Gasteiger charge is 2.06. The molecule has 24 heavy (non-hydrogen) atoms. The molecule has 0 aromatic heterocycles. The molecule has 2 rings (SSSR count). The van der Waals surface area contributed by atoms with Crippen molar-refractivity contribution in [3.05, 3.63) is 59.7 Å². The Kier molecular flexibility index (Phi) is 8.26. The van der Waals surface area contributed by atoms with E-state index in [1.165, 1.54) is 0 Å². The maximum atomic E-state index is 12.2. The Balaban J connectivity index is 0.00000288. The summed E-state index contributed by atoms with van der Waals surface area (Å²) in [7, 11) is 4.00. The van der Waals surface area contributed by atoms with Gasteiger partial charge in [0.25, 0.3) is 5.91 Å². The maximum absolute atomic E-state index is 12.2. The number of halogens is 1. The first kappa shape index (κ1) is 20.0. The van der Waals surface area contributed by atoms with E-state index >= 15 is 0 Å². The van der Waals surface area contributed by atoms with Crippen LogP contribution in [0.2, 0.25) is 0 Å². The molecule has 0 heterocycles. The molecule has 1 amide bonds. The van der Waals surface area contributed by atoms with Crippen molar-refractivity contribution in [2.75, 3.05) is 32.6 Å². The second-order valence-electron chi connectivity index (χ2n) is 5.53. The number of nitrogens with one attached hydrogen (secondary N) is 1. The average molecular weight is 350 g/mol. The molecule has 0 radical (unpaired) electrons. The lowest BCUT2D eigenvalue weighted by atomic mass is 10.1. The van der Waals surface area contributed by atoms with Gasteiger partial charge in [0.1, 0.15) is 12.4 Å². The Morgan fingerprint density at radius 3 is 2.25 bits per heavy atom. The number of nitrogens with two attached hydrogens (primary N) is 1. The standard InChI is InChI=1S/C18H23N3O2.ClH/c1-21(2)11-12-23-17-9-7-16(8-10-17)20-18(22)15-5-3-14(13-19)4-6-15;/h3-10H,11-13,19H2,1-2H3,(H,20,22);1H. The fourth-order valence-electron chi connectivity index (χ4n) is 1.98. The van der Waals surface area contributed by atoms with Crippen LogP contribution in [0, 0.1) is 0 Å². The number of anilines is 1. The summed E-state index contributed by atoms with van der Waals surface area (Å²) in [6.07, 6.45) is 0. The molecule has 0 unspecified atom stereocenters. The van der Waals surface area contributed by atoms with Crippen molar-refractivity contribution in [2.24, 2.45) is 5.73 Å². The molecule has 0 aliphatic rings. The van der Waals surface area contributed by atoms with E-state index in [9.17, 15) is 4.79 Å². The van der Waals surface area contributed by atoms with Crippen molar-refractivity contribution in [2.45, 2.75) is 6.54 Å². The third kappa shape index (κ3) is 6.20. The molecular weight excluding hydrogens is 326 g/mol. The van der Waals surface area contributed by atoms with E-state index in [2.05, 4.69) is 10.2 Å². The van der Waals surface area contributed by atoms with Gasteiger partial charge in [-0.25, -0.2) is 0 Å². The van der Waals surface area contributed by atoms with E-state index < -0.39 is 0 Å². The lowest BCUT2D eigenvalue weighted by Crippen LogP contribution is -2.19. The molecule has 2 aromatic carbocycles. The molecule has 0 saturated heterocycles. The van der Waals surface area contributed by atoms with Gasteiger partial charge in [0.05, 0.1) is 0 Å². The molecule has 0 atom stereocenters. The summed E-state index contributed by atoms with van der Waals surface area (Å²) in [5, 5.41) is 2.86. The summed E-state index contributed by atoms with van der Waals surface area (Å²) in [5.41, 5.74) is 7.89. The van der Waals surface area contributed by atoms with Crippen LogP contribution in [0.15, 0.2) is 48.5 Å². The first-order chi connectivity index (χ1) is 11.1. The number of amides is 1. The van der Waals surface area contributed by atoms with Crippen molar-refractivity contribution >= 4 is 24.0 Å². The average Bonchev–Trinajstić information content (AvgIpc) is 2.56. The van der Waals surface area contributed by atoms with Crippen molar-refractivity contribution < 1.29 is 9.53 Å². The summed E-state index contributed by atoms with van der Waals surface area (Å²) in [6, 6.07) is 14.6. The Bertz CT molecular complexity index is 628. The van der Waals surface area contributed by atoms with E-state index in [1.807, 2.05) is 50.5 Å². The highest BCUT2D eigenvalue weighted by Crippen LogP contribution is 2.16. The first-order valence-electron chi connectivity index (χ1n) is 7.56. The van der Waals surface area contributed by atoms with E-state index in [1.54, 1.807) is 12.1 Å². The van der Waals surface area contributed by atoms with Crippen LogP contribution in [-0.4, -0.2) is 38.1 Å². The number of carbonyl (C=O) groups excluding carboxylic acids is 1. The normalized spacial score (nSPS) is 10.2. The number of rotatable bonds is 7. The Hall–Kier alpha value is -2.08. The lowest BCUT2D eigenvalue weighted by molar-refractivity contribution is 0.102. The van der Waals surface area contributed by atoms with Gasteiger partial charge in [-0.1, -0.05) is 12.1 Å². The smallest absolute Gasteiger partial charge is 0.255 e. The molecule has 0 bridgehead atoms. The summed E-state index contributed by atoms with van der Waals surface area (Å²) in [4.78, 5) is 14.2. The van der Waals surface area contributed by atoms with Gasteiger partial charge in [-0.3, -0.25) is 4.79 Å². The molecule has 2 aromatic rings. The second-order valence-corrected chi connectivity index (χ2v) is 5.53. The van der Waals surface area contributed by atoms with Crippen molar-refractivity contribution in [3.8, 4) is 5.75 Å². The van der Waals surface area contributed by atoms with E-state index in [-0.39, 0.29) is 18.3 Å². The molecule has 130 valence electrons. The van der Waals surface area contributed by atoms with Gasteiger partial charge in [0.2, 0.25) is 0 Å². The van der Waals surface area contributed by atoms with Gasteiger partial charge in [-0.2, -0.15) is 0 Å². The SMILES string of the molecule is CN(C)CCOc1ccc(NC(=O)c2ccc(CN)cc2)cc1.Cl. The van der Waals surface area contributed by atoms with Crippen molar-refractivity contribution in [1.82, 2.24) is 4.90 Å². The molecule has 0 aliphatic heterocycles. The number of carbonyl (C=O) groups is 1. The number of ether oxygens (including phenoxy) is 1. The predicted octanol–water partition coefficient (Wildman–Crippen LogP) is 2.76. The molecule has 6 heteroatoms. The van der Waals surface area contributed by atoms with E-state index in [0.717, 1.165) is 23.5 Å². The highest BCUT2D eigenvalue weighted by atomic mass is 35.5. The van der Waals surface area contributed by atoms with Crippen LogP contribution in [0.1, 0.15) is 15.9 Å². The Morgan fingerprint density at radius 2 is 1.71 bits per heavy atom.